The van der Waals surface area contributed by atoms with Gasteiger partial charge in [0.15, 0.2) is 5.17 Å². The van der Waals surface area contributed by atoms with Gasteiger partial charge in [-0.15, -0.1) is 5.10 Å². The number of carbonyl (C=O) groups is 2. The van der Waals surface area contributed by atoms with Crippen LogP contribution in [0.15, 0.2) is 46.6 Å². The number of thioether (sulfide) groups is 1. The Morgan fingerprint density at radius 2 is 2.17 bits per heavy atom. The lowest BCUT2D eigenvalue weighted by Crippen LogP contribution is -2.31. The Kier molecular flexibility index (Phi) is 6.56. The molecule has 2 N–H and O–H groups in total. The smallest absolute Gasteiger partial charge is 0.240 e. The van der Waals surface area contributed by atoms with E-state index in [0.717, 1.165) is 5.56 Å². The van der Waals surface area contributed by atoms with E-state index in [9.17, 15) is 9.59 Å². The number of rotatable bonds is 6. The summed E-state index contributed by atoms with van der Waals surface area (Å²) in [4.78, 5) is 23.2. The molecule has 1 fully saturated rings. The molecule has 1 aliphatic heterocycles. The topological polar surface area (TPSA) is 82.9 Å². The van der Waals surface area contributed by atoms with Crippen LogP contribution in [-0.2, 0) is 9.59 Å². The van der Waals surface area contributed by atoms with E-state index < -0.39 is 5.25 Å². The standard InChI is InChI=1S/C16H18N4O2S/c1-2-17-14(21)11-13-15(22)19-16(23-13)20-18-10-6-9-12-7-4-3-5-8-12/h3-10,13H,2,11H2,1H3,(H,17,21)(H,19,20,22)/b9-6+,18-10-/t13-/m1/s1. The van der Waals surface area contributed by atoms with E-state index in [1.54, 1.807) is 12.3 Å². The molecule has 1 aromatic carbocycles. The summed E-state index contributed by atoms with van der Waals surface area (Å²) in [5, 5.41) is 13.1. The summed E-state index contributed by atoms with van der Waals surface area (Å²) in [5.41, 5.74) is 1.07. The van der Waals surface area contributed by atoms with Crippen LogP contribution in [0.3, 0.4) is 0 Å². The minimum atomic E-state index is -0.449. The number of amidine groups is 1. The lowest BCUT2D eigenvalue weighted by atomic mass is 10.2. The third-order valence-electron chi connectivity index (χ3n) is 2.91. The Bertz CT molecular complexity index is 641. The van der Waals surface area contributed by atoms with Gasteiger partial charge in [0.1, 0.15) is 5.25 Å². The lowest BCUT2D eigenvalue weighted by molar-refractivity contribution is -0.125. The Labute approximate surface area is 139 Å². The summed E-state index contributed by atoms with van der Waals surface area (Å²) in [7, 11) is 0. The van der Waals surface area contributed by atoms with Crippen molar-refractivity contribution in [1.82, 2.24) is 10.6 Å². The molecule has 120 valence electrons. The van der Waals surface area contributed by atoms with Gasteiger partial charge in [0.05, 0.1) is 0 Å². The molecule has 23 heavy (non-hydrogen) atoms. The minimum Gasteiger partial charge on any atom is -0.356 e. The summed E-state index contributed by atoms with van der Waals surface area (Å²) in [6.45, 7) is 2.39. The van der Waals surface area contributed by atoms with Gasteiger partial charge >= 0.3 is 0 Å². The molecule has 0 radical (unpaired) electrons. The number of benzene rings is 1. The van der Waals surface area contributed by atoms with Gasteiger partial charge in [-0.1, -0.05) is 48.2 Å². The molecule has 1 aliphatic rings. The Balaban J connectivity index is 1.84. The van der Waals surface area contributed by atoms with Gasteiger partial charge in [-0.05, 0) is 18.6 Å². The molecular formula is C16H18N4O2S. The highest BCUT2D eigenvalue weighted by Crippen LogP contribution is 2.22. The number of hydrogen-bond acceptors (Lipinski definition) is 5. The van der Waals surface area contributed by atoms with E-state index >= 15 is 0 Å². The van der Waals surface area contributed by atoms with Crippen LogP contribution in [0.25, 0.3) is 6.08 Å². The summed E-state index contributed by atoms with van der Waals surface area (Å²) < 4.78 is 0. The van der Waals surface area contributed by atoms with E-state index in [4.69, 9.17) is 0 Å². The fourth-order valence-corrected chi connectivity index (χ4v) is 2.79. The molecule has 1 aromatic rings. The van der Waals surface area contributed by atoms with Gasteiger partial charge in [0.2, 0.25) is 11.8 Å². The Hall–Kier alpha value is -2.41. The molecule has 1 atom stereocenters. The highest BCUT2D eigenvalue weighted by Gasteiger charge is 2.31. The van der Waals surface area contributed by atoms with Crippen LogP contribution in [0.2, 0.25) is 0 Å². The van der Waals surface area contributed by atoms with Crippen molar-refractivity contribution in [2.45, 2.75) is 18.6 Å². The minimum absolute atomic E-state index is 0.140. The van der Waals surface area contributed by atoms with Crippen molar-refractivity contribution in [3.05, 3.63) is 42.0 Å². The van der Waals surface area contributed by atoms with Crippen LogP contribution < -0.4 is 10.6 Å². The predicted octanol–water partition coefficient (Wildman–Crippen LogP) is 1.80. The number of hydrogen-bond donors (Lipinski definition) is 2. The Morgan fingerprint density at radius 3 is 2.91 bits per heavy atom. The number of nitrogens with one attached hydrogen (secondary N) is 2. The predicted molar refractivity (Wildman–Crippen MR) is 94.2 cm³/mol. The van der Waals surface area contributed by atoms with E-state index in [0.29, 0.717) is 11.7 Å². The lowest BCUT2D eigenvalue weighted by Gasteiger charge is -2.04. The number of amides is 2. The van der Waals surface area contributed by atoms with E-state index in [-0.39, 0.29) is 18.2 Å². The summed E-state index contributed by atoms with van der Waals surface area (Å²) in [6, 6.07) is 9.83. The van der Waals surface area contributed by atoms with Crippen molar-refractivity contribution in [3.8, 4) is 0 Å². The third kappa shape index (κ3) is 5.71. The van der Waals surface area contributed by atoms with Crippen LogP contribution in [0.1, 0.15) is 18.9 Å². The van der Waals surface area contributed by atoms with Crippen molar-refractivity contribution in [2.75, 3.05) is 6.54 Å². The van der Waals surface area contributed by atoms with E-state index in [2.05, 4.69) is 20.8 Å². The maximum atomic E-state index is 11.7. The van der Waals surface area contributed by atoms with Crippen molar-refractivity contribution in [2.24, 2.45) is 10.2 Å². The maximum Gasteiger partial charge on any atom is 0.240 e. The molecular weight excluding hydrogens is 312 g/mol. The first-order valence-corrected chi connectivity index (χ1v) is 8.14. The van der Waals surface area contributed by atoms with Gasteiger partial charge in [0, 0.05) is 19.2 Å². The molecule has 0 aromatic heterocycles. The number of nitrogens with zero attached hydrogens (tertiary/aromatic N) is 2. The largest absolute Gasteiger partial charge is 0.356 e. The average molecular weight is 330 g/mol. The fraction of sp³-hybridized carbons (Fsp3) is 0.250. The van der Waals surface area contributed by atoms with Gasteiger partial charge < -0.3 is 10.6 Å². The average Bonchev–Trinajstić information content (AvgIpc) is 2.88. The first-order chi connectivity index (χ1) is 11.2. The van der Waals surface area contributed by atoms with E-state index in [1.807, 2.05) is 43.3 Å². The van der Waals surface area contributed by atoms with Crippen molar-refractivity contribution in [1.29, 1.82) is 0 Å². The molecule has 0 spiro atoms. The highest BCUT2D eigenvalue weighted by atomic mass is 32.2. The molecule has 7 heteroatoms. The molecule has 1 saturated heterocycles. The van der Waals surface area contributed by atoms with Crippen LogP contribution in [0.5, 0.6) is 0 Å². The van der Waals surface area contributed by atoms with Gasteiger partial charge in [-0.25, -0.2) is 0 Å². The normalized spacial score (nSPS) is 19.6. The molecule has 6 nitrogen and oxygen atoms in total. The van der Waals surface area contributed by atoms with Crippen molar-refractivity contribution >= 4 is 41.0 Å². The zero-order valence-electron chi connectivity index (χ0n) is 12.7. The second-order valence-electron chi connectivity index (χ2n) is 4.69. The zero-order valence-corrected chi connectivity index (χ0v) is 13.5. The van der Waals surface area contributed by atoms with Gasteiger partial charge in [-0.2, -0.15) is 5.10 Å². The first kappa shape index (κ1) is 17.0. The first-order valence-electron chi connectivity index (χ1n) is 7.26. The molecule has 0 saturated carbocycles. The SMILES string of the molecule is CCNC(=O)C[C@H]1S/C(=N/N=C\C=C\c2ccccc2)NC1=O. The second kappa shape index (κ2) is 8.89. The second-order valence-corrected chi connectivity index (χ2v) is 5.88. The van der Waals surface area contributed by atoms with Crippen molar-refractivity contribution < 1.29 is 9.59 Å². The summed E-state index contributed by atoms with van der Waals surface area (Å²) in [6.07, 6.45) is 5.36. The molecule has 2 rings (SSSR count). The molecule has 0 bridgehead atoms. The molecule has 0 unspecified atom stereocenters. The van der Waals surface area contributed by atoms with Crippen molar-refractivity contribution in [3.63, 3.8) is 0 Å². The number of allylic oxidation sites excluding steroid dienone is 1. The fourth-order valence-electron chi connectivity index (χ4n) is 1.87. The highest BCUT2D eigenvalue weighted by molar-refractivity contribution is 8.15. The van der Waals surface area contributed by atoms with E-state index in [1.165, 1.54) is 11.8 Å². The number of carbonyl (C=O) groups excluding carboxylic acids is 2. The third-order valence-corrected chi connectivity index (χ3v) is 3.98. The van der Waals surface area contributed by atoms with Crippen LogP contribution in [0, 0.1) is 0 Å². The molecule has 0 aliphatic carbocycles. The van der Waals surface area contributed by atoms with Crippen LogP contribution in [0.4, 0.5) is 0 Å². The molecule has 1 heterocycles. The zero-order chi connectivity index (χ0) is 16.5. The van der Waals surface area contributed by atoms with Crippen LogP contribution in [-0.4, -0.2) is 35.0 Å². The Morgan fingerprint density at radius 1 is 1.39 bits per heavy atom. The quantitative estimate of drug-likeness (QED) is 0.616. The molecule has 2 amide bonds. The summed E-state index contributed by atoms with van der Waals surface area (Å²) in [5.74, 6) is -0.356. The van der Waals surface area contributed by atoms with Gasteiger partial charge in [0.25, 0.3) is 0 Å². The van der Waals surface area contributed by atoms with Gasteiger partial charge in [-0.3, -0.25) is 9.59 Å². The monoisotopic (exact) mass is 330 g/mol. The van der Waals surface area contributed by atoms with Crippen LogP contribution >= 0.6 is 11.8 Å². The maximum absolute atomic E-state index is 11.7. The summed E-state index contributed by atoms with van der Waals surface area (Å²) >= 11 is 1.22.